The molecule has 0 radical (unpaired) electrons. The zero-order valence-corrected chi connectivity index (χ0v) is 16.3. The summed E-state index contributed by atoms with van der Waals surface area (Å²) >= 11 is 0. The van der Waals surface area contributed by atoms with Crippen molar-refractivity contribution in [1.29, 1.82) is 0 Å². The highest BCUT2D eigenvalue weighted by Crippen LogP contribution is 2.24. The molecule has 0 N–H and O–H groups in total. The van der Waals surface area contributed by atoms with Crippen LogP contribution in [-0.2, 0) is 9.53 Å². The Morgan fingerprint density at radius 3 is 2.13 bits per heavy atom. The molecule has 0 rings (SSSR count). The lowest BCUT2D eigenvalue weighted by atomic mass is 9.88. The Morgan fingerprint density at radius 1 is 0.913 bits per heavy atom. The summed E-state index contributed by atoms with van der Waals surface area (Å²) in [5.41, 5.74) is 0.485. The van der Waals surface area contributed by atoms with Gasteiger partial charge in [0.25, 0.3) is 0 Å². The quantitative estimate of drug-likeness (QED) is 0.206. The number of rotatable bonds is 14. The van der Waals surface area contributed by atoms with E-state index >= 15 is 0 Å². The SMILES string of the molecule is C=C(C)C(=O)OCCC(C)CCC(C)CC(C)CCCCCC. The average molecular weight is 325 g/mol. The number of unbranched alkanes of at least 4 members (excludes halogenated alkanes) is 3. The Hall–Kier alpha value is -0.790. The molecule has 3 atom stereocenters. The van der Waals surface area contributed by atoms with E-state index in [2.05, 4.69) is 34.3 Å². The molecule has 136 valence electrons. The van der Waals surface area contributed by atoms with E-state index in [0.29, 0.717) is 18.1 Å². The summed E-state index contributed by atoms with van der Waals surface area (Å²) < 4.78 is 5.17. The fourth-order valence-electron chi connectivity index (χ4n) is 3.03. The Balaban J connectivity index is 3.68. The van der Waals surface area contributed by atoms with E-state index in [9.17, 15) is 4.79 Å². The highest BCUT2D eigenvalue weighted by molar-refractivity contribution is 5.86. The zero-order chi connectivity index (χ0) is 17.7. The Morgan fingerprint density at radius 2 is 1.52 bits per heavy atom. The first-order valence-corrected chi connectivity index (χ1v) is 9.69. The van der Waals surface area contributed by atoms with E-state index in [4.69, 9.17) is 4.74 Å². The van der Waals surface area contributed by atoms with Crippen LogP contribution in [-0.4, -0.2) is 12.6 Å². The van der Waals surface area contributed by atoms with Crippen molar-refractivity contribution in [2.75, 3.05) is 6.61 Å². The molecule has 2 heteroatoms. The molecule has 0 aromatic carbocycles. The Kier molecular flexibility index (Phi) is 13.2. The first kappa shape index (κ1) is 22.2. The largest absolute Gasteiger partial charge is 0.462 e. The van der Waals surface area contributed by atoms with E-state index in [1.54, 1.807) is 6.92 Å². The molecular formula is C21H40O2. The fourth-order valence-corrected chi connectivity index (χ4v) is 3.03. The molecule has 3 unspecified atom stereocenters. The molecule has 23 heavy (non-hydrogen) atoms. The van der Waals surface area contributed by atoms with Crippen LogP contribution in [0, 0.1) is 17.8 Å². The second kappa shape index (κ2) is 13.6. The summed E-state index contributed by atoms with van der Waals surface area (Å²) in [7, 11) is 0. The van der Waals surface area contributed by atoms with Gasteiger partial charge < -0.3 is 4.74 Å². The molecule has 0 amide bonds. The van der Waals surface area contributed by atoms with Crippen molar-refractivity contribution < 1.29 is 9.53 Å². The highest BCUT2D eigenvalue weighted by atomic mass is 16.5. The molecule has 0 aliphatic rings. The summed E-state index contributed by atoms with van der Waals surface area (Å²) in [6.07, 6.45) is 11.7. The van der Waals surface area contributed by atoms with E-state index in [1.807, 2.05) is 0 Å². The normalized spacial score (nSPS) is 15.0. The lowest BCUT2D eigenvalue weighted by molar-refractivity contribution is -0.139. The van der Waals surface area contributed by atoms with Crippen molar-refractivity contribution >= 4 is 5.97 Å². The maximum Gasteiger partial charge on any atom is 0.333 e. The van der Waals surface area contributed by atoms with Gasteiger partial charge in [-0.05, 0) is 37.5 Å². The minimum absolute atomic E-state index is 0.262. The molecular weight excluding hydrogens is 284 g/mol. The van der Waals surface area contributed by atoms with E-state index in [0.717, 1.165) is 18.3 Å². The first-order chi connectivity index (χ1) is 10.9. The maximum atomic E-state index is 11.3. The second-order valence-corrected chi connectivity index (χ2v) is 7.68. The van der Waals surface area contributed by atoms with Crippen LogP contribution < -0.4 is 0 Å². The third-order valence-electron chi connectivity index (χ3n) is 4.70. The Labute approximate surface area is 145 Å². The van der Waals surface area contributed by atoms with Gasteiger partial charge in [-0.3, -0.25) is 0 Å². The molecule has 0 heterocycles. The molecule has 0 aliphatic heterocycles. The topological polar surface area (TPSA) is 26.3 Å². The monoisotopic (exact) mass is 324 g/mol. The van der Waals surface area contributed by atoms with Crippen LogP contribution in [0.3, 0.4) is 0 Å². The zero-order valence-electron chi connectivity index (χ0n) is 16.3. The lowest BCUT2D eigenvalue weighted by Crippen LogP contribution is -2.10. The number of carbonyl (C=O) groups excluding carboxylic acids is 1. The van der Waals surface area contributed by atoms with Crippen LogP contribution >= 0.6 is 0 Å². The van der Waals surface area contributed by atoms with Gasteiger partial charge in [-0.15, -0.1) is 0 Å². The minimum Gasteiger partial charge on any atom is -0.462 e. The summed E-state index contributed by atoms with van der Waals surface area (Å²) in [6.45, 7) is 15.1. The third kappa shape index (κ3) is 13.4. The summed E-state index contributed by atoms with van der Waals surface area (Å²) in [4.78, 5) is 11.3. The molecule has 0 spiro atoms. The summed E-state index contributed by atoms with van der Waals surface area (Å²) in [5.74, 6) is 2.02. The molecule has 0 fully saturated rings. The van der Waals surface area contributed by atoms with Gasteiger partial charge in [-0.25, -0.2) is 4.79 Å². The third-order valence-corrected chi connectivity index (χ3v) is 4.70. The van der Waals surface area contributed by atoms with E-state index in [1.165, 1.54) is 51.4 Å². The predicted octanol–water partition coefficient (Wildman–Crippen LogP) is 6.54. The molecule has 0 saturated heterocycles. The molecule has 2 nitrogen and oxygen atoms in total. The molecule has 0 aliphatic carbocycles. The van der Waals surface area contributed by atoms with Gasteiger partial charge in [0.2, 0.25) is 0 Å². The van der Waals surface area contributed by atoms with Gasteiger partial charge >= 0.3 is 5.97 Å². The van der Waals surface area contributed by atoms with Crippen LogP contribution in [0.1, 0.15) is 92.4 Å². The van der Waals surface area contributed by atoms with Gasteiger partial charge in [0.1, 0.15) is 0 Å². The minimum atomic E-state index is -0.262. The molecule has 0 saturated carbocycles. The number of hydrogen-bond donors (Lipinski definition) is 0. The van der Waals surface area contributed by atoms with Crippen molar-refractivity contribution in [2.45, 2.75) is 92.4 Å². The molecule has 0 bridgehead atoms. The number of carbonyl (C=O) groups is 1. The summed E-state index contributed by atoms with van der Waals surface area (Å²) in [6, 6.07) is 0. The number of esters is 1. The van der Waals surface area contributed by atoms with Crippen LogP contribution in [0.15, 0.2) is 12.2 Å². The Bertz CT molecular complexity index is 322. The maximum absolute atomic E-state index is 11.3. The van der Waals surface area contributed by atoms with Gasteiger partial charge in [-0.1, -0.05) is 79.2 Å². The van der Waals surface area contributed by atoms with Crippen molar-refractivity contribution in [3.05, 3.63) is 12.2 Å². The fraction of sp³-hybridized carbons (Fsp3) is 0.857. The highest BCUT2D eigenvalue weighted by Gasteiger charge is 2.11. The second-order valence-electron chi connectivity index (χ2n) is 7.68. The van der Waals surface area contributed by atoms with Crippen LogP contribution in [0.4, 0.5) is 0 Å². The van der Waals surface area contributed by atoms with Gasteiger partial charge in [0, 0.05) is 5.57 Å². The number of hydrogen-bond acceptors (Lipinski definition) is 2. The van der Waals surface area contributed by atoms with Crippen molar-refractivity contribution in [1.82, 2.24) is 0 Å². The van der Waals surface area contributed by atoms with Gasteiger partial charge in [0.15, 0.2) is 0 Å². The van der Waals surface area contributed by atoms with E-state index < -0.39 is 0 Å². The van der Waals surface area contributed by atoms with Crippen LogP contribution in [0.25, 0.3) is 0 Å². The van der Waals surface area contributed by atoms with Gasteiger partial charge in [0.05, 0.1) is 6.61 Å². The van der Waals surface area contributed by atoms with Crippen molar-refractivity contribution in [3.63, 3.8) is 0 Å². The summed E-state index contributed by atoms with van der Waals surface area (Å²) in [5, 5.41) is 0. The van der Waals surface area contributed by atoms with Crippen LogP contribution in [0.2, 0.25) is 0 Å². The lowest BCUT2D eigenvalue weighted by Gasteiger charge is -2.19. The number of ether oxygens (including phenoxy) is 1. The first-order valence-electron chi connectivity index (χ1n) is 9.69. The standard InChI is InChI=1S/C21H40O2/c1-7-8-9-10-11-19(5)16-20(6)13-12-18(4)14-15-23-21(22)17(2)3/h18-20H,2,7-16H2,1,3-6H3. The predicted molar refractivity (Wildman–Crippen MR) is 100 cm³/mol. The van der Waals surface area contributed by atoms with Crippen LogP contribution in [0.5, 0.6) is 0 Å². The average Bonchev–Trinajstić information content (AvgIpc) is 2.49. The van der Waals surface area contributed by atoms with Gasteiger partial charge in [-0.2, -0.15) is 0 Å². The smallest absolute Gasteiger partial charge is 0.333 e. The van der Waals surface area contributed by atoms with E-state index in [-0.39, 0.29) is 5.97 Å². The molecule has 0 aromatic heterocycles. The molecule has 0 aromatic rings. The van der Waals surface area contributed by atoms with Crippen molar-refractivity contribution in [3.8, 4) is 0 Å². The van der Waals surface area contributed by atoms with Crippen molar-refractivity contribution in [2.24, 2.45) is 17.8 Å².